The molecule has 0 saturated carbocycles. The average molecular weight is 573 g/mol. The molecule has 0 fully saturated rings. The normalized spacial score (nSPS) is 13.9. The Kier molecular flexibility index (Phi) is 7.66. The Labute approximate surface area is 241 Å². The quantitative estimate of drug-likeness (QED) is 0.282. The molecule has 0 aliphatic carbocycles. The third-order valence-electron chi connectivity index (χ3n) is 6.81. The number of hydrogen-bond acceptors (Lipinski definition) is 7. The number of anilines is 1. The highest BCUT2D eigenvalue weighted by molar-refractivity contribution is 5.97. The van der Waals surface area contributed by atoms with Crippen LogP contribution in [0.5, 0.6) is 5.75 Å². The van der Waals surface area contributed by atoms with E-state index in [0.717, 1.165) is 10.9 Å². The number of ether oxygens (including phenoxy) is 3. The van der Waals surface area contributed by atoms with Gasteiger partial charge in [0.25, 0.3) is 5.91 Å². The van der Waals surface area contributed by atoms with Gasteiger partial charge >= 0.3 is 12.2 Å². The first-order valence-corrected chi connectivity index (χ1v) is 13.2. The number of nitrogens with zero attached hydrogens (tertiary/aromatic N) is 3. The Morgan fingerprint density at radius 1 is 1.07 bits per heavy atom. The van der Waals surface area contributed by atoms with Crippen LogP contribution in [0.25, 0.3) is 16.7 Å². The van der Waals surface area contributed by atoms with E-state index in [9.17, 15) is 18.8 Å². The number of hydrogen-bond donors (Lipinski definition) is 1. The third kappa shape index (κ3) is 5.67. The summed E-state index contributed by atoms with van der Waals surface area (Å²) in [6, 6.07) is 15.6. The fourth-order valence-corrected chi connectivity index (χ4v) is 4.90. The third-order valence-corrected chi connectivity index (χ3v) is 6.81. The van der Waals surface area contributed by atoms with Gasteiger partial charge in [-0.2, -0.15) is 0 Å². The molecule has 0 radical (unpaired) electrons. The number of pyridine rings is 1. The number of halogens is 1. The Balaban J connectivity index is 1.53. The molecular weight excluding hydrogens is 543 g/mol. The van der Waals surface area contributed by atoms with Gasteiger partial charge in [0.2, 0.25) is 0 Å². The van der Waals surface area contributed by atoms with Gasteiger partial charge in [-0.05, 0) is 61.0 Å². The molecule has 0 bridgehead atoms. The maximum atomic E-state index is 13.5. The van der Waals surface area contributed by atoms with E-state index >= 15 is 0 Å². The van der Waals surface area contributed by atoms with Crippen LogP contribution >= 0.6 is 0 Å². The van der Waals surface area contributed by atoms with Gasteiger partial charge in [0.15, 0.2) is 5.76 Å². The van der Waals surface area contributed by atoms with Crippen LogP contribution in [0.1, 0.15) is 42.4 Å². The Morgan fingerprint density at radius 2 is 1.83 bits per heavy atom. The highest BCUT2D eigenvalue weighted by Gasteiger charge is 2.37. The van der Waals surface area contributed by atoms with Crippen LogP contribution in [0.3, 0.4) is 0 Å². The van der Waals surface area contributed by atoms with E-state index in [0.29, 0.717) is 17.0 Å². The zero-order chi connectivity index (χ0) is 30.0. The number of carbonyl (C=O) groups excluding carboxylic acids is 3. The number of aromatic nitrogens is 2. The van der Waals surface area contributed by atoms with Crippen molar-refractivity contribution in [3.63, 3.8) is 0 Å². The summed E-state index contributed by atoms with van der Waals surface area (Å²) in [5.74, 6) is -0.0701. The largest absolute Gasteiger partial charge is 0.513 e. The number of benzene rings is 2. The Bertz CT molecular complexity index is 1680. The number of fused-ring (bicyclic) bond motifs is 3. The zero-order valence-corrected chi connectivity index (χ0v) is 23.5. The van der Waals surface area contributed by atoms with Crippen LogP contribution in [0, 0.1) is 5.82 Å². The van der Waals surface area contributed by atoms with Crippen molar-refractivity contribution in [2.45, 2.75) is 26.2 Å². The fourth-order valence-electron chi connectivity index (χ4n) is 4.90. The predicted octanol–water partition coefficient (Wildman–Crippen LogP) is 6.24. The van der Waals surface area contributed by atoms with Crippen LogP contribution in [0.2, 0.25) is 0 Å². The summed E-state index contributed by atoms with van der Waals surface area (Å²) >= 11 is 0. The van der Waals surface area contributed by atoms with E-state index in [1.165, 1.54) is 40.3 Å². The van der Waals surface area contributed by atoms with Crippen molar-refractivity contribution in [1.29, 1.82) is 0 Å². The van der Waals surface area contributed by atoms with Gasteiger partial charge in [0.1, 0.15) is 17.4 Å². The van der Waals surface area contributed by atoms with E-state index in [4.69, 9.17) is 14.2 Å². The molecule has 1 aliphatic heterocycles. The number of amides is 2. The molecular formula is C31H29FN4O6. The molecule has 0 saturated heterocycles. The van der Waals surface area contributed by atoms with E-state index < -0.39 is 29.4 Å². The zero-order valence-electron chi connectivity index (χ0n) is 23.5. The van der Waals surface area contributed by atoms with E-state index in [1.807, 2.05) is 13.8 Å². The van der Waals surface area contributed by atoms with Crippen LogP contribution in [0.4, 0.5) is 19.8 Å². The molecule has 2 amide bonds. The first kappa shape index (κ1) is 28.3. The summed E-state index contributed by atoms with van der Waals surface area (Å²) in [4.78, 5) is 48.9. The summed E-state index contributed by atoms with van der Waals surface area (Å²) in [5.41, 5.74) is 1.49. The van der Waals surface area contributed by atoms with Crippen molar-refractivity contribution in [2.75, 3.05) is 25.1 Å². The minimum atomic E-state index is -0.936. The molecule has 42 heavy (non-hydrogen) atoms. The maximum Gasteiger partial charge on any atom is 0.513 e. The highest BCUT2D eigenvalue weighted by atomic mass is 19.1. The number of H-pyrrole nitrogens is 1. The second-order valence-corrected chi connectivity index (χ2v) is 10.3. The summed E-state index contributed by atoms with van der Waals surface area (Å²) < 4.78 is 29.7. The molecule has 0 spiro atoms. The van der Waals surface area contributed by atoms with Gasteiger partial charge in [-0.25, -0.2) is 19.0 Å². The number of carbonyl (C=O) groups is 3. The summed E-state index contributed by atoms with van der Waals surface area (Å²) in [6.07, 6.45) is 1.46. The summed E-state index contributed by atoms with van der Waals surface area (Å²) in [7, 11) is 1.56. The molecule has 11 heteroatoms. The van der Waals surface area contributed by atoms with Gasteiger partial charge in [-0.3, -0.25) is 9.69 Å². The molecule has 2 aromatic heterocycles. The number of aromatic amines is 1. The fraction of sp³-hybridized carbons (Fsp3) is 0.226. The lowest BCUT2D eigenvalue weighted by Crippen LogP contribution is -2.36. The van der Waals surface area contributed by atoms with Crippen molar-refractivity contribution in [3.05, 3.63) is 95.7 Å². The smallest absolute Gasteiger partial charge is 0.434 e. The van der Waals surface area contributed by atoms with Crippen LogP contribution in [-0.2, 0) is 14.9 Å². The molecule has 4 aromatic rings. The van der Waals surface area contributed by atoms with Gasteiger partial charge < -0.3 is 24.1 Å². The average Bonchev–Trinajstić information content (AvgIpc) is 3.32. The van der Waals surface area contributed by atoms with Gasteiger partial charge in [-0.15, -0.1) is 0 Å². The van der Waals surface area contributed by atoms with Gasteiger partial charge in [-0.1, -0.05) is 19.9 Å². The van der Waals surface area contributed by atoms with Crippen molar-refractivity contribution < 1.29 is 33.0 Å². The molecule has 1 N–H and O–H groups in total. The van der Waals surface area contributed by atoms with Crippen molar-refractivity contribution in [1.82, 2.24) is 14.9 Å². The molecule has 0 unspecified atom stereocenters. The standard InChI is InChI=1S/C31H29FN4O6/c1-5-40-30(39)42-24-17-36(28(37)19-9-11-20(32)12-10-19)18-31(2,3)26-22-14-13-21(16-23(22)34-27(24)26)41-29(38)35(4)25-8-6-7-15-33-25/h6-17,34H,5,18H2,1-4H3. The molecule has 2 aromatic carbocycles. The first-order chi connectivity index (χ1) is 20.1. The van der Waals surface area contributed by atoms with E-state index in [-0.39, 0.29) is 30.2 Å². The molecule has 1 aliphatic rings. The van der Waals surface area contributed by atoms with E-state index in [2.05, 4.69) is 9.97 Å². The monoisotopic (exact) mass is 572 g/mol. The maximum absolute atomic E-state index is 13.5. The predicted molar refractivity (Wildman–Crippen MR) is 154 cm³/mol. The lowest BCUT2D eigenvalue weighted by Gasteiger charge is -2.29. The summed E-state index contributed by atoms with van der Waals surface area (Å²) in [6.45, 7) is 5.88. The SMILES string of the molecule is CCOC(=O)OC1=CN(C(=O)c2ccc(F)cc2)CC(C)(C)c2c1[nH]c1cc(OC(=O)N(C)c3ccccn3)ccc21. The Hall–Kier alpha value is -5.19. The topological polar surface area (TPSA) is 114 Å². The molecule has 216 valence electrons. The highest BCUT2D eigenvalue weighted by Crippen LogP contribution is 2.41. The van der Waals surface area contributed by atoms with Crippen molar-refractivity contribution in [2.24, 2.45) is 0 Å². The number of nitrogens with one attached hydrogen (secondary N) is 1. The van der Waals surface area contributed by atoms with Crippen molar-refractivity contribution >= 4 is 40.6 Å². The Morgan fingerprint density at radius 3 is 2.52 bits per heavy atom. The van der Waals surface area contributed by atoms with Crippen LogP contribution < -0.4 is 9.64 Å². The minimum absolute atomic E-state index is 0.0640. The van der Waals surface area contributed by atoms with Gasteiger partial charge in [0, 0.05) is 47.7 Å². The molecule has 3 heterocycles. The number of rotatable bonds is 5. The molecule has 10 nitrogen and oxygen atoms in total. The van der Waals surface area contributed by atoms with Crippen LogP contribution in [-0.4, -0.2) is 53.2 Å². The molecule has 5 rings (SSSR count). The molecule has 0 atom stereocenters. The van der Waals surface area contributed by atoms with Crippen LogP contribution in [0.15, 0.2) is 73.1 Å². The second kappa shape index (κ2) is 11.4. The van der Waals surface area contributed by atoms with E-state index in [1.54, 1.807) is 56.6 Å². The van der Waals surface area contributed by atoms with Crippen molar-refractivity contribution in [3.8, 4) is 5.75 Å². The summed E-state index contributed by atoms with van der Waals surface area (Å²) in [5, 5.41) is 0.780. The lowest BCUT2D eigenvalue weighted by molar-refractivity contribution is 0.0788. The minimum Gasteiger partial charge on any atom is -0.434 e. The second-order valence-electron chi connectivity index (χ2n) is 10.3. The first-order valence-electron chi connectivity index (χ1n) is 13.2. The lowest BCUT2D eigenvalue weighted by atomic mass is 9.82. The van der Waals surface area contributed by atoms with Gasteiger partial charge in [0.05, 0.1) is 18.5 Å².